The molecule has 2 aliphatic rings. The number of halogens is 1. The molecular weight excluding hydrogens is 326 g/mol. The van der Waals surface area contributed by atoms with Crippen LogP contribution in [-0.4, -0.2) is 48.8 Å². The SMILES string of the molecule is O=C(C1CCOCC1)N1CCCC(CO)(Cc2cccc(Cl)c2)C1. The summed E-state index contributed by atoms with van der Waals surface area (Å²) in [6, 6.07) is 7.80. The quantitative estimate of drug-likeness (QED) is 0.907. The first-order chi connectivity index (χ1) is 11.6. The molecule has 0 radical (unpaired) electrons. The molecule has 0 aliphatic carbocycles. The van der Waals surface area contributed by atoms with Gasteiger partial charge in [-0.3, -0.25) is 4.79 Å². The smallest absolute Gasteiger partial charge is 0.225 e. The maximum atomic E-state index is 12.8. The van der Waals surface area contributed by atoms with E-state index < -0.39 is 0 Å². The van der Waals surface area contributed by atoms with Crippen LogP contribution in [0.5, 0.6) is 0 Å². The molecule has 4 nitrogen and oxygen atoms in total. The summed E-state index contributed by atoms with van der Waals surface area (Å²) in [6.45, 7) is 2.88. The van der Waals surface area contributed by atoms with Crippen LogP contribution in [0.2, 0.25) is 5.02 Å². The minimum Gasteiger partial charge on any atom is -0.396 e. The van der Waals surface area contributed by atoms with Crippen molar-refractivity contribution in [3.8, 4) is 0 Å². The molecule has 2 fully saturated rings. The number of aliphatic hydroxyl groups excluding tert-OH is 1. The van der Waals surface area contributed by atoms with Gasteiger partial charge in [-0.05, 0) is 49.8 Å². The first kappa shape index (κ1) is 17.7. The van der Waals surface area contributed by atoms with Crippen LogP contribution in [0.1, 0.15) is 31.2 Å². The van der Waals surface area contributed by atoms with E-state index in [1.165, 1.54) is 0 Å². The Morgan fingerprint density at radius 3 is 2.88 bits per heavy atom. The number of piperidine rings is 1. The number of hydrogen-bond acceptors (Lipinski definition) is 3. The van der Waals surface area contributed by atoms with Gasteiger partial charge >= 0.3 is 0 Å². The highest BCUT2D eigenvalue weighted by Gasteiger charge is 2.38. The topological polar surface area (TPSA) is 49.8 Å². The average molecular weight is 352 g/mol. The number of aliphatic hydroxyl groups is 1. The van der Waals surface area contributed by atoms with Crippen molar-refractivity contribution < 1.29 is 14.6 Å². The van der Waals surface area contributed by atoms with E-state index in [-0.39, 0.29) is 23.8 Å². The molecule has 0 spiro atoms. The lowest BCUT2D eigenvalue weighted by molar-refractivity contribution is -0.143. The molecular formula is C19H26ClNO3. The van der Waals surface area contributed by atoms with Crippen molar-refractivity contribution in [2.24, 2.45) is 11.3 Å². The molecule has 24 heavy (non-hydrogen) atoms. The monoisotopic (exact) mass is 351 g/mol. The second kappa shape index (κ2) is 7.85. The van der Waals surface area contributed by atoms with Crippen molar-refractivity contribution in [1.82, 2.24) is 4.90 Å². The van der Waals surface area contributed by atoms with Gasteiger partial charge in [0.05, 0.1) is 6.61 Å². The summed E-state index contributed by atoms with van der Waals surface area (Å²) < 4.78 is 5.37. The standard InChI is InChI=1S/C19H26ClNO3/c20-17-4-1-3-15(11-17)12-19(14-22)7-2-8-21(13-19)18(23)16-5-9-24-10-6-16/h1,3-4,11,16,22H,2,5-10,12-14H2. The van der Waals surface area contributed by atoms with Gasteiger partial charge in [0.2, 0.25) is 5.91 Å². The molecule has 132 valence electrons. The highest BCUT2D eigenvalue weighted by atomic mass is 35.5. The van der Waals surface area contributed by atoms with Gasteiger partial charge in [0.1, 0.15) is 0 Å². The first-order valence-corrected chi connectivity index (χ1v) is 9.22. The van der Waals surface area contributed by atoms with Crippen molar-refractivity contribution in [1.29, 1.82) is 0 Å². The van der Waals surface area contributed by atoms with Gasteiger partial charge in [-0.2, -0.15) is 0 Å². The van der Waals surface area contributed by atoms with Crippen LogP contribution in [0.15, 0.2) is 24.3 Å². The van der Waals surface area contributed by atoms with Gasteiger partial charge in [0, 0.05) is 42.7 Å². The fraction of sp³-hybridized carbons (Fsp3) is 0.632. The van der Waals surface area contributed by atoms with E-state index in [1.807, 2.05) is 29.2 Å². The van der Waals surface area contributed by atoms with Gasteiger partial charge in [0.25, 0.3) is 0 Å². The lowest BCUT2D eigenvalue weighted by Crippen LogP contribution is -2.51. The van der Waals surface area contributed by atoms with Crippen LogP contribution in [0, 0.1) is 11.3 Å². The van der Waals surface area contributed by atoms with E-state index in [9.17, 15) is 9.90 Å². The number of hydrogen-bond donors (Lipinski definition) is 1. The average Bonchev–Trinajstić information content (AvgIpc) is 2.62. The summed E-state index contributed by atoms with van der Waals surface area (Å²) in [4.78, 5) is 14.8. The Morgan fingerprint density at radius 2 is 2.17 bits per heavy atom. The van der Waals surface area contributed by atoms with Crippen molar-refractivity contribution in [2.45, 2.75) is 32.1 Å². The molecule has 5 heteroatoms. The lowest BCUT2D eigenvalue weighted by atomic mass is 9.75. The van der Waals surface area contributed by atoms with Crippen molar-refractivity contribution in [3.05, 3.63) is 34.9 Å². The summed E-state index contributed by atoms with van der Waals surface area (Å²) in [6.07, 6.45) is 4.26. The number of likely N-dealkylation sites (tertiary alicyclic amines) is 1. The third-order valence-electron chi connectivity index (χ3n) is 5.35. The van der Waals surface area contributed by atoms with Gasteiger partial charge in [-0.1, -0.05) is 23.7 Å². The third-order valence-corrected chi connectivity index (χ3v) is 5.58. The number of ether oxygens (including phenoxy) is 1. The molecule has 1 N–H and O–H groups in total. The number of carbonyl (C=O) groups excluding carboxylic acids is 1. The maximum Gasteiger partial charge on any atom is 0.225 e. The predicted molar refractivity (Wildman–Crippen MR) is 94.0 cm³/mol. The number of benzene rings is 1. The molecule has 2 heterocycles. The van der Waals surface area contributed by atoms with E-state index in [1.54, 1.807) is 0 Å². The summed E-state index contributed by atoms with van der Waals surface area (Å²) in [5.41, 5.74) is 0.862. The van der Waals surface area contributed by atoms with Crippen molar-refractivity contribution in [3.63, 3.8) is 0 Å². The van der Waals surface area contributed by atoms with Crippen LogP contribution in [-0.2, 0) is 16.0 Å². The van der Waals surface area contributed by atoms with E-state index in [4.69, 9.17) is 16.3 Å². The summed E-state index contributed by atoms with van der Waals surface area (Å²) in [5.74, 6) is 0.321. The second-order valence-electron chi connectivity index (χ2n) is 7.21. The highest BCUT2D eigenvalue weighted by Crippen LogP contribution is 2.35. The van der Waals surface area contributed by atoms with Gasteiger partial charge in [-0.15, -0.1) is 0 Å². The number of amides is 1. The molecule has 0 bridgehead atoms. The maximum absolute atomic E-state index is 12.8. The summed E-state index contributed by atoms with van der Waals surface area (Å²) in [7, 11) is 0. The molecule has 1 aromatic rings. The van der Waals surface area contributed by atoms with Crippen LogP contribution < -0.4 is 0 Å². The van der Waals surface area contributed by atoms with E-state index in [2.05, 4.69) is 0 Å². The molecule has 1 aromatic carbocycles. The first-order valence-electron chi connectivity index (χ1n) is 8.84. The predicted octanol–water partition coefficient (Wildman–Crippen LogP) is 2.91. The Hall–Kier alpha value is -1.10. The van der Waals surface area contributed by atoms with Crippen LogP contribution in [0.3, 0.4) is 0 Å². The fourth-order valence-electron chi connectivity index (χ4n) is 4.01. The largest absolute Gasteiger partial charge is 0.396 e. The molecule has 1 atom stereocenters. The molecule has 1 unspecified atom stereocenters. The zero-order chi connectivity index (χ0) is 17.0. The zero-order valence-electron chi connectivity index (χ0n) is 14.0. The fourth-order valence-corrected chi connectivity index (χ4v) is 4.22. The summed E-state index contributed by atoms with van der Waals surface area (Å²) >= 11 is 6.09. The second-order valence-corrected chi connectivity index (χ2v) is 7.65. The lowest BCUT2D eigenvalue weighted by Gasteiger charge is -2.43. The van der Waals surface area contributed by atoms with Gasteiger partial charge in [0.15, 0.2) is 0 Å². The van der Waals surface area contributed by atoms with Gasteiger partial charge < -0.3 is 14.7 Å². The Balaban J connectivity index is 1.70. The molecule has 2 saturated heterocycles. The normalized spacial score (nSPS) is 25.7. The Bertz CT molecular complexity index is 573. The van der Waals surface area contributed by atoms with E-state index >= 15 is 0 Å². The zero-order valence-corrected chi connectivity index (χ0v) is 14.8. The van der Waals surface area contributed by atoms with Crippen molar-refractivity contribution >= 4 is 17.5 Å². The Labute approximate surface area is 148 Å². The van der Waals surface area contributed by atoms with Crippen LogP contribution in [0.25, 0.3) is 0 Å². The summed E-state index contributed by atoms with van der Waals surface area (Å²) in [5, 5.41) is 10.8. The highest BCUT2D eigenvalue weighted by molar-refractivity contribution is 6.30. The third kappa shape index (κ3) is 4.11. The Morgan fingerprint density at radius 1 is 1.38 bits per heavy atom. The van der Waals surface area contributed by atoms with Crippen molar-refractivity contribution in [2.75, 3.05) is 32.9 Å². The number of nitrogens with zero attached hydrogens (tertiary/aromatic N) is 1. The minimum atomic E-state index is -0.260. The van der Waals surface area contributed by atoms with Crippen LogP contribution in [0.4, 0.5) is 0 Å². The molecule has 0 saturated carbocycles. The number of carbonyl (C=O) groups is 1. The van der Waals surface area contributed by atoms with E-state index in [0.717, 1.165) is 44.2 Å². The molecule has 2 aliphatic heterocycles. The molecule has 0 aromatic heterocycles. The van der Waals surface area contributed by atoms with Crippen LogP contribution >= 0.6 is 11.6 Å². The molecule has 1 amide bonds. The Kier molecular flexibility index (Phi) is 5.80. The number of rotatable bonds is 4. The minimum absolute atomic E-state index is 0.0828. The molecule has 3 rings (SSSR count). The van der Waals surface area contributed by atoms with Gasteiger partial charge in [-0.25, -0.2) is 0 Å². The van der Waals surface area contributed by atoms with E-state index in [0.29, 0.717) is 24.8 Å².